The Morgan fingerprint density at radius 3 is 2.79 bits per heavy atom. The molecular weight excluding hydrogens is 427 g/mol. The van der Waals surface area contributed by atoms with Crippen LogP contribution in [0.2, 0.25) is 0 Å². The largest absolute Gasteiger partial charge is 0.367 e. The monoisotopic (exact) mass is 458 g/mol. The number of anilines is 1. The van der Waals surface area contributed by atoms with E-state index in [4.69, 9.17) is 0 Å². The Balaban J connectivity index is 1.67. The van der Waals surface area contributed by atoms with Crippen LogP contribution in [0.15, 0.2) is 30.7 Å². The fourth-order valence-corrected chi connectivity index (χ4v) is 5.40. The quantitative estimate of drug-likeness (QED) is 0.409. The van der Waals surface area contributed by atoms with E-state index in [9.17, 15) is 0 Å². The molecule has 7 heteroatoms. The molecule has 0 aliphatic carbocycles. The first-order chi connectivity index (χ1) is 16.5. The summed E-state index contributed by atoms with van der Waals surface area (Å²) in [6, 6.07) is 5.82. The third kappa shape index (κ3) is 3.83. The lowest BCUT2D eigenvalue weighted by Crippen LogP contribution is -2.12. The fraction of sp³-hybridized carbons (Fsp3) is 0.407. The highest BCUT2D eigenvalue weighted by Gasteiger charge is 2.25. The van der Waals surface area contributed by atoms with Crippen LogP contribution in [0.3, 0.4) is 0 Å². The van der Waals surface area contributed by atoms with Gasteiger partial charge in [-0.25, -0.2) is 14.4 Å². The molecule has 0 amide bonds. The van der Waals surface area contributed by atoms with Crippen LogP contribution in [0, 0.1) is 19.7 Å². The lowest BCUT2D eigenvalue weighted by Gasteiger charge is -2.22. The zero-order chi connectivity index (χ0) is 23.8. The van der Waals surface area contributed by atoms with Crippen LogP contribution in [-0.2, 0) is 19.4 Å². The summed E-state index contributed by atoms with van der Waals surface area (Å²) in [7, 11) is 0. The number of aromatic nitrogens is 5. The van der Waals surface area contributed by atoms with Gasteiger partial charge in [-0.15, -0.1) is 10.2 Å². The van der Waals surface area contributed by atoms with Crippen molar-refractivity contribution >= 4 is 11.5 Å². The van der Waals surface area contributed by atoms with Gasteiger partial charge in [-0.05, 0) is 74.3 Å². The second-order valence-corrected chi connectivity index (χ2v) is 9.22. The average molecular weight is 459 g/mol. The number of benzene rings is 1. The van der Waals surface area contributed by atoms with E-state index in [1.807, 2.05) is 30.5 Å². The lowest BCUT2D eigenvalue weighted by atomic mass is 9.83. The molecule has 176 valence electrons. The zero-order valence-electron chi connectivity index (χ0n) is 20.3. The van der Waals surface area contributed by atoms with E-state index >= 15 is 4.39 Å². The molecule has 1 N–H and O–H groups in total. The average Bonchev–Trinajstić information content (AvgIpc) is 3.32. The first-order valence-corrected chi connectivity index (χ1v) is 12.2. The number of halogens is 1. The van der Waals surface area contributed by atoms with Gasteiger partial charge in [-0.1, -0.05) is 26.3 Å². The Kier molecular flexibility index (Phi) is 6.02. The van der Waals surface area contributed by atoms with E-state index in [0.29, 0.717) is 12.5 Å². The third-order valence-electron chi connectivity index (χ3n) is 7.05. The van der Waals surface area contributed by atoms with Crippen molar-refractivity contribution in [2.45, 2.75) is 72.3 Å². The number of nitrogens with zero attached hydrogens (tertiary/aromatic N) is 5. The third-order valence-corrected chi connectivity index (χ3v) is 7.05. The topological polar surface area (TPSA) is 68.0 Å². The van der Waals surface area contributed by atoms with Gasteiger partial charge in [-0.2, -0.15) is 0 Å². The summed E-state index contributed by atoms with van der Waals surface area (Å²) in [5, 5.41) is 12.2. The van der Waals surface area contributed by atoms with Crippen molar-refractivity contribution in [2.24, 2.45) is 0 Å². The summed E-state index contributed by atoms with van der Waals surface area (Å²) in [6.45, 7) is 8.72. The van der Waals surface area contributed by atoms with Gasteiger partial charge < -0.3 is 5.32 Å². The van der Waals surface area contributed by atoms with Crippen molar-refractivity contribution in [3.05, 3.63) is 70.3 Å². The predicted octanol–water partition coefficient (Wildman–Crippen LogP) is 5.95. The smallest absolute Gasteiger partial charge is 0.170 e. The van der Waals surface area contributed by atoms with E-state index in [2.05, 4.69) is 45.4 Å². The number of nitrogens with one attached hydrogen (secondary N) is 1. The van der Waals surface area contributed by atoms with Gasteiger partial charge in [0.1, 0.15) is 23.8 Å². The van der Waals surface area contributed by atoms with Crippen molar-refractivity contribution < 1.29 is 4.39 Å². The minimum Gasteiger partial charge on any atom is -0.367 e. The predicted molar refractivity (Wildman–Crippen MR) is 133 cm³/mol. The normalized spacial score (nSPS) is 15.7. The molecule has 3 aromatic heterocycles. The Bertz CT molecular complexity index is 1360. The van der Waals surface area contributed by atoms with Crippen molar-refractivity contribution in [2.75, 3.05) is 5.32 Å². The molecule has 1 unspecified atom stereocenters. The van der Waals surface area contributed by atoms with Gasteiger partial charge in [0.15, 0.2) is 5.65 Å². The van der Waals surface area contributed by atoms with E-state index in [0.717, 1.165) is 71.8 Å². The summed E-state index contributed by atoms with van der Waals surface area (Å²) >= 11 is 0. The minimum atomic E-state index is -0.131. The van der Waals surface area contributed by atoms with Crippen LogP contribution in [0.25, 0.3) is 16.8 Å². The number of pyridine rings is 1. The maximum absolute atomic E-state index is 15.2. The summed E-state index contributed by atoms with van der Waals surface area (Å²) in [6.07, 6.45) is 8.42. The number of hydrogen-bond donors (Lipinski definition) is 1. The summed E-state index contributed by atoms with van der Waals surface area (Å²) in [5.41, 5.74) is 8.03. The molecule has 1 atom stereocenters. The van der Waals surface area contributed by atoms with Gasteiger partial charge >= 0.3 is 0 Å². The zero-order valence-corrected chi connectivity index (χ0v) is 20.3. The van der Waals surface area contributed by atoms with Crippen molar-refractivity contribution in [1.29, 1.82) is 0 Å². The molecule has 0 fully saturated rings. The first-order valence-electron chi connectivity index (χ1n) is 12.2. The molecule has 34 heavy (non-hydrogen) atoms. The van der Waals surface area contributed by atoms with Gasteiger partial charge in [-0.3, -0.25) is 4.40 Å². The Morgan fingerprint density at radius 1 is 1.18 bits per heavy atom. The molecule has 5 rings (SSSR count). The fourth-order valence-electron chi connectivity index (χ4n) is 5.40. The van der Waals surface area contributed by atoms with Crippen molar-refractivity contribution in [1.82, 2.24) is 24.6 Å². The Morgan fingerprint density at radius 2 is 2.03 bits per heavy atom. The summed E-state index contributed by atoms with van der Waals surface area (Å²) in [4.78, 5) is 9.00. The summed E-state index contributed by atoms with van der Waals surface area (Å²) in [5.74, 6) is 1.85. The highest BCUT2D eigenvalue weighted by Crippen LogP contribution is 2.38. The number of hydrogen-bond acceptors (Lipinski definition) is 5. The van der Waals surface area contributed by atoms with Crippen LogP contribution in [-0.4, -0.2) is 24.6 Å². The van der Waals surface area contributed by atoms with Crippen LogP contribution in [0.4, 0.5) is 10.2 Å². The van der Waals surface area contributed by atoms with Gasteiger partial charge in [0.2, 0.25) is 0 Å². The molecule has 0 saturated heterocycles. The number of rotatable bonds is 4. The molecule has 1 aliphatic rings. The molecule has 0 radical (unpaired) electrons. The molecular formula is C27H31FN6. The van der Waals surface area contributed by atoms with E-state index in [1.54, 1.807) is 12.4 Å². The minimum absolute atomic E-state index is 0.131. The first kappa shape index (κ1) is 22.4. The van der Waals surface area contributed by atoms with Crippen molar-refractivity contribution in [3.63, 3.8) is 0 Å². The van der Waals surface area contributed by atoms with Crippen LogP contribution < -0.4 is 5.32 Å². The molecule has 1 aliphatic heterocycles. The number of fused-ring (bicyclic) bond motifs is 4. The molecule has 0 saturated carbocycles. The van der Waals surface area contributed by atoms with Crippen molar-refractivity contribution in [3.8, 4) is 11.1 Å². The molecule has 0 bridgehead atoms. The molecule has 0 spiro atoms. The van der Waals surface area contributed by atoms with E-state index in [1.165, 1.54) is 16.7 Å². The molecule has 4 heterocycles. The van der Waals surface area contributed by atoms with Crippen LogP contribution in [0.1, 0.15) is 72.8 Å². The van der Waals surface area contributed by atoms with Gasteiger partial charge in [0.05, 0.1) is 0 Å². The highest BCUT2D eigenvalue weighted by atomic mass is 19.1. The van der Waals surface area contributed by atoms with Crippen LogP contribution in [0.5, 0.6) is 0 Å². The van der Waals surface area contributed by atoms with Gasteiger partial charge in [0.25, 0.3) is 0 Å². The standard InChI is InChI=1S/C27H31FN6/c1-5-7-19-10-11-24(28)23-14-30-26-20(9-8-18(6-2)25(19)23)12-21(27-33-31-15-34(26)27)22-13-29-17(4)32-16(22)3/h10-13,15,18,30H,5-9,14H2,1-4H3. The maximum atomic E-state index is 15.2. The van der Waals surface area contributed by atoms with E-state index < -0.39 is 0 Å². The van der Waals surface area contributed by atoms with E-state index in [-0.39, 0.29) is 5.82 Å². The molecule has 6 nitrogen and oxygen atoms in total. The Hall–Kier alpha value is -3.35. The molecule has 4 aromatic rings. The SMILES string of the molecule is CCCc1ccc(F)c2c1C(CC)CCc1cc(-c3cnc(C)nc3C)c3nncn3c1NC2. The highest BCUT2D eigenvalue weighted by molar-refractivity contribution is 5.81. The maximum Gasteiger partial charge on any atom is 0.170 e. The summed E-state index contributed by atoms with van der Waals surface area (Å²) < 4.78 is 17.1. The van der Waals surface area contributed by atoms with Crippen LogP contribution >= 0.6 is 0 Å². The number of aryl methyl sites for hydroxylation is 4. The Labute approximate surface area is 199 Å². The van der Waals surface area contributed by atoms with Gasteiger partial charge in [0, 0.05) is 35.1 Å². The second-order valence-electron chi connectivity index (χ2n) is 9.22. The lowest BCUT2D eigenvalue weighted by molar-refractivity contribution is 0.570. The molecule has 1 aromatic carbocycles. The second kappa shape index (κ2) is 9.12.